The highest BCUT2D eigenvalue weighted by atomic mass is 127. The number of aliphatic imine (C=N–C) groups is 1. The first kappa shape index (κ1) is 26.1. The van der Waals surface area contributed by atoms with Crippen LogP contribution in [0.3, 0.4) is 0 Å². The van der Waals surface area contributed by atoms with Crippen molar-refractivity contribution in [2.24, 2.45) is 4.99 Å². The molecule has 1 aliphatic heterocycles. The Balaban J connectivity index is 0.00000420. The van der Waals surface area contributed by atoms with Crippen LogP contribution in [0.2, 0.25) is 0 Å². The molecule has 0 amide bonds. The molecule has 0 atom stereocenters. The van der Waals surface area contributed by atoms with E-state index in [0.29, 0.717) is 19.3 Å². The molecule has 1 aliphatic rings. The van der Waals surface area contributed by atoms with Crippen molar-refractivity contribution in [1.29, 1.82) is 0 Å². The number of benzene rings is 1. The van der Waals surface area contributed by atoms with E-state index < -0.39 is 0 Å². The van der Waals surface area contributed by atoms with E-state index in [-0.39, 0.29) is 24.0 Å². The molecule has 29 heavy (non-hydrogen) atoms. The van der Waals surface area contributed by atoms with Gasteiger partial charge in [0.2, 0.25) is 0 Å². The molecule has 1 heterocycles. The number of guanidine groups is 1. The molecule has 2 rings (SSSR count). The van der Waals surface area contributed by atoms with Crippen LogP contribution in [-0.4, -0.2) is 51.6 Å². The van der Waals surface area contributed by atoms with Crippen molar-refractivity contribution in [3.05, 3.63) is 35.4 Å². The highest BCUT2D eigenvalue weighted by Crippen LogP contribution is 2.14. The summed E-state index contributed by atoms with van der Waals surface area (Å²) in [5.74, 6) is 0.864. The molecule has 0 bridgehead atoms. The molecule has 2 N–H and O–H groups in total. The number of ether oxygens (including phenoxy) is 3. The van der Waals surface area contributed by atoms with Gasteiger partial charge < -0.3 is 24.8 Å². The van der Waals surface area contributed by atoms with Gasteiger partial charge in [0.15, 0.2) is 5.96 Å². The maximum atomic E-state index is 6.03. The Morgan fingerprint density at radius 2 is 1.93 bits per heavy atom. The summed E-state index contributed by atoms with van der Waals surface area (Å²) in [6.07, 6.45) is 4.44. The first-order valence-electron chi connectivity index (χ1n) is 10.7. The van der Waals surface area contributed by atoms with Crippen LogP contribution in [-0.2, 0) is 27.4 Å². The lowest BCUT2D eigenvalue weighted by atomic mass is 10.1. The van der Waals surface area contributed by atoms with Gasteiger partial charge in [0.25, 0.3) is 0 Å². The minimum Gasteiger partial charge on any atom is -0.382 e. The molecule has 0 radical (unpaired) electrons. The zero-order chi connectivity index (χ0) is 19.9. The summed E-state index contributed by atoms with van der Waals surface area (Å²) >= 11 is 0. The highest BCUT2D eigenvalue weighted by molar-refractivity contribution is 14.0. The minimum absolute atomic E-state index is 0. The lowest BCUT2D eigenvalue weighted by Crippen LogP contribution is -2.37. The topological polar surface area (TPSA) is 64.1 Å². The lowest BCUT2D eigenvalue weighted by Gasteiger charge is -2.22. The molecule has 166 valence electrons. The first-order valence-corrected chi connectivity index (χ1v) is 10.7. The van der Waals surface area contributed by atoms with Crippen LogP contribution < -0.4 is 10.6 Å². The van der Waals surface area contributed by atoms with Gasteiger partial charge in [-0.25, -0.2) is 4.99 Å². The Kier molecular flexibility index (Phi) is 15.2. The monoisotopic (exact) mass is 519 g/mol. The van der Waals surface area contributed by atoms with E-state index in [2.05, 4.69) is 41.8 Å². The van der Waals surface area contributed by atoms with Gasteiger partial charge >= 0.3 is 0 Å². The summed E-state index contributed by atoms with van der Waals surface area (Å²) < 4.78 is 16.8. The van der Waals surface area contributed by atoms with Crippen molar-refractivity contribution >= 4 is 29.9 Å². The zero-order valence-corrected chi connectivity index (χ0v) is 20.3. The standard InChI is InChI=1S/C22H37N3O3.HI/c1-3-23-22(24-12-5-6-13-26-4-2)25-17-19-8-7-9-20(16-19)18-28-21-10-14-27-15-11-21;/h7-9,16,21H,3-6,10-15,17-18H2,1-2H3,(H2,23,24,25);1H. The van der Waals surface area contributed by atoms with Gasteiger partial charge in [0.05, 0.1) is 19.3 Å². The van der Waals surface area contributed by atoms with Crippen LogP contribution in [0.5, 0.6) is 0 Å². The van der Waals surface area contributed by atoms with Gasteiger partial charge in [-0.05, 0) is 50.7 Å². The molecular formula is C22H38IN3O3. The molecule has 7 heteroatoms. The highest BCUT2D eigenvalue weighted by Gasteiger charge is 2.14. The summed E-state index contributed by atoms with van der Waals surface area (Å²) in [5.41, 5.74) is 2.40. The van der Waals surface area contributed by atoms with E-state index in [1.807, 2.05) is 6.92 Å². The minimum atomic E-state index is 0. The molecule has 0 spiro atoms. The van der Waals surface area contributed by atoms with Crippen molar-refractivity contribution in [2.75, 3.05) is 39.5 Å². The average Bonchev–Trinajstić information content (AvgIpc) is 2.74. The number of hydrogen-bond donors (Lipinski definition) is 2. The van der Waals surface area contributed by atoms with E-state index in [1.54, 1.807) is 0 Å². The van der Waals surface area contributed by atoms with E-state index in [0.717, 1.165) is 71.2 Å². The van der Waals surface area contributed by atoms with Crippen LogP contribution in [0, 0.1) is 0 Å². The number of halogens is 1. The molecule has 0 saturated carbocycles. The molecule has 6 nitrogen and oxygen atoms in total. The smallest absolute Gasteiger partial charge is 0.191 e. The van der Waals surface area contributed by atoms with Crippen molar-refractivity contribution < 1.29 is 14.2 Å². The SMILES string of the molecule is CCNC(=NCc1cccc(COC2CCOCC2)c1)NCCCCOCC.I. The first-order chi connectivity index (χ1) is 13.8. The predicted molar refractivity (Wildman–Crippen MR) is 129 cm³/mol. The summed E-state index contributed by atoms with van der Waals surface area (Å²) in [6.45, 7) is 10.4. The summed E-state index contributed by atoms with van der Waals surface area (Å²) in [6, 6.07) is 8.51. The molecule has 0 aliphatic carbocycles. The maximum absolute atomic E-state index is 6.03. The summed E-state index contributed by atoms with van der Waals surface area (Å²) in [7, 11) is 0. The number of hydrogen-bond acceptors (Lipinski definition) is 4. The number of nitrogens with zero attached hydrogens (tertiary/aromatic N) is 1. The van der Waals surface area contributed by atoms with Crippen LogP contribution >= 0.6 is 24.0 Å². The van der Waals surface area contributed by atoms with Crippen LogP contribution in [0.1, 0.15) is 50.7 Å². The Bertz CT molecular complexity index is 566. The van der Waals surface area contributed by atoms with E-state index >= 15 is 0 Å². The molecule has 1 fully saturated rings. The van der Waals surface area contributed by atoms with Crippen molar-refractivity contribution in [1.82, 2.24) is 10.6 Å². The number of rotatable bonds is 12. The molecule has 1 aromatic rings. The van der Waals surface area contributed by atoms with Gasteiger partial charge in [-0.3, -0.25) is 0 Å². The van der Waals surface area contributed by atoms with Gasteiger partial charge in [-0.1, -0.05) is 24.3 Å². The molecule has 0 unspecified atom stereocenters. The fraction of sp³-hybridized carbons (Fsp3) is 0.682. The third-order valence-electron chi connectivity index (χ3n) is 4.62. The average molecular weight is 519 g/mol. The van der Waals surface area contributed by atoms with Gasteiger partial charge in [0.1, 0.15) is 0 Å². The van der Waals surface area contributed by atoms with Crippen LogP contribution in [0.15, 0.2) is 29.3 Å². The van der Waals surface area contributed by atoms with E-state index in [1.165, 1.54) is 11.1 Å². The number of unbranched alkanes of at least 4 members (excludes halogenated alkanes) is 1. The fourth-order valence-electron chi connectivity index (χ4n) is 3.07. The van der Waals surface area contributed by atoms with Gasteiger partial charge in [0, 0.05) is 39.5 Å². The second-order valence-corrected chi connectivity index (χ2v) is 6.97. The van der Waals surface area contributed by atoms with E-state index in [9.17, 15) is 0 Å². The van der Waals surface area contributed by atoms with Crippen molar-refractivity contribution in [3.63, 3.8) is 0 Å². The van der Waals surface area contributed by atoms with Crippen LogP contribution in [0.4, 0.5) is 0 Å². The molecule has 1 aromatic carbocycles. The largest absolute Gasteiger partial charge is 0.382 e. The van der Waals surface area contributed by atoms with E-state index in [4.69, 9.17) is 19.2 Å². The molecular weight excluding hydrogens is 481 g/mol. The Morgan fingerprint density at radius 3 is 2.69 bits per heavy atom. The van der Waals surface area contributed by atoms with Gasteiger partial charge in [-0.2, -0.15) is 0 Å². The molecule has 0 aromatic heterocycles. The van der Waals surface area contributed by atoms with Crippen molar-refractivity contribution in [3.8, 4) is 0 Å². The lowest BCUT2D eigenvalue weighted by molar-refractivity contribution is -0.0390. The third-order valence-corrected chi connectivity index (χ3v) is 4.62. The third kappa shape index (κ3) is 11.8. The fourth-order valence-corrected chi connectivity index (χ4v) is 3.07. The van der Waals surface area contributed by atoms with Gasteiger partial charge in [-0.15, -0.1) is 24.0 Å². The summed E-state index contributed by atoms with van der Waals surface area (Å²) in [5, 5.41) is 6.71. The van der Waals surface area contributed by atoms with Crippen molar-refractivity contribution in [2.45, 2.75) is 58.8 Å². The second-order valence-electron chi connectivity index (χ2n) is 6.97. The Labute approximate surface area is 193 Å². The zero-order valence-electron chi connectivity index (χ0n) is 18.0. The Morgan fingerprint density at radius 1 is 1.14 bits per heavy atom. The Hall–Kier alpha value is -0.900. The summed E-state index contributed by atoms with van der Waals surface area (Å²) in [4.78, 5) is 4.71. The maximum Gasteiger partial charge on any atom is 0.191 e. The molecule has 1 saturated heterocycles. The quantitative estimate of drug-likeness (QED) is 0.190. The normalized spacial score (nSPS) is 15.0. The number of nitrogens with one attached hydrogen (secondary N) is 2. The second kappa shape index (κ2) is 16.8. The van der Waals surface area contributed by atoms with Crippen LogP contribution in [0.25, 0.3) is 0 Å². The predicted octanol–water partition coefficient (Wildman–Crippen LogP) is 3.87.